The molecule has 0 fully saturated rings. The summed E-state index contributed by atoms with van der Waals surface area (Å²) in [4.78, 5) is 8.39. The van der Waals surface area contributed by atoms with Gasteiger partial charge in [-0.15, -0.1) is 0 Å². The first-order chi connectivity index (χ1) is 7.62. The summed E-state index contributed by atoms with van der Waals surface area (Å²) in [6.45, 7) is 1.60. The number of hydrogen-bond donors (Lipinski definition) is 3. The first kappa shape index (κ1) is 11.3. The van der Waals surface area contributed by atoms with Crippen LogP contribution in [0, 0.1) is 0 Å². The normalized spacial score (nSPS) is 17.9. The standard InChI is InChI=1S/C11H17N3O2/c1-11(16,6-15)5-12-10-8-3-2-4-9(8)13-7-14-10/h7,15-16H,2-6H2,1H3,(H,12,13,14). The largest absolute Gasteiger partial charge is 0.393 e. The number of nitrogens with zero attached hydrogens (tertiary/aromatic N) is 2. The predicted molar refractivity (Wildman–Crippen MR) is 60.3 cm³/mol. The Morgan fingerprint density at radius 1 is 1.44 bits per heavy atom. The van der Waals surface area contributed by atoms with E-state index >= 15 is 0 Å². The van der Waals surface area contributed by atoms with Crippen LogP contribution in [0.2, 0.25) is 0 Å². The summed E-state index contributed by atoms with van der Waals surface area (Å²) < 4.78 is 0. The van der Waals surface area contributed by atoms with Crippen LogP contribution in [0.25, 0.3) is 0 Å². The smallest absolute Gasteiger partial charge is 0.132 e. The van der Waals surface area contributed by atoms with Crippen LogP contribution in [0.4, 0.5) is 5.82 Å². The lowest BCUT2D eigenvalue weighted by Crippen LogP contribution is -2.37. The van der Waals surface area contributed by atoms with Crippen molar-refractivity contribution in [3.8, 4) is 0 Å². The third-order valence-corrected chi connectivity index (χ3v) is 2.85. The highest BCUT2D eigenvalue weighted by Gasteiger charge is 2.21. The molecule has 0 amide bonds. The molecule has 1 heterocycles. The Labute approximate surface area is 94.6 Å². The average Bonchev–Trinajstić information content (AvgIpc) is 2.75. The average molecular weight is 223 g/mol. The van der Waals surface area contributed by atoms with Crippen LogP contribution in [0.1, 0.15) is 24.6 Å². The topological polar surface area (TPSA) is 78.3 Å². The van der Waals surface area contributed by atoms with Crippen LogP contribution in [-0.4, -0.2) is 38.9 Å². The van der Waals surface area contributed by atoms with Gasteiger partial charge in [0.05, 0.1) is 6.61 Å². The minimum atomic E-state index is -1.11. The zero-order valence-corrected chi connectivity index (χ0v) is 9.40. The van der Waals surface area contributed by atoms with Crippen LogP contribution in [0.15, 0.2) is 6.33 Å². The zero-order chi connectivity index (χ0) is 11.6. The third-order valence-electron chi connectivity index (χ3n) is 2.85. The number of rotatable bonds is 4. The van der Waals surface area contributed by atoms with Crippen molar-refractivity contribution in [2.24, 2.45) is 0 Å². The van der Waals surface area contributed by atoms with Gasteiger partial charge in [0.25, 0.3) is 0 Å². The Hall–Kier alpha value is -1.20. The van der Waals surface area contributed by atoms with Crippen molar-refractivity contribution in [3.05, 3.63) is 17.6 Å². The molecule has 1 aliphatic carbocycles. The van der Waals surface area contributed by atoms with E-state index in [1.165, 1.54) is 0 Å². The van der Waals surface area contributed by atoms with Crippen LogP contribution >= 0.6 is 0 Å². The van der Waals surface area contributed by atoms with Gasteiger partial charge in [0.2, 0.25) is 0 Å². The minimum absolute atomic E-state index is 0.271. The minimum Gasteiger partial charge on any atom is -0.393 e. The molecule has 2 rings (SSSR count). The summed E-state index contributed by atoms with van der Waals surface area (Å²) >= 11 is 0. The Morgan fingerprint density at radius 2 is 2.25 bits per heavy atom. The Bertz CT molecular complexity index is 379. The molecule has 0 spiro atoms. The Morgan fingerprint density at radius 3 is 3.00 bits per heavy atom. The van der Waals surface area contributed by atoms with Crippen molar-refractivity contribution in [1.29, 1.82) is 0 Å². The highest BCUT2D eigenvalue weighted by molar-refractivity contribution is 5.48. The number of aliphatic hydroxyl groups excluding tert-OH is 1. The Kier molecular flexibility index (Phi) is 3.07. The second-order valence-electron chi connectivity index (χ2n) is 4.51. The van der Waals surface area contributed by atoms with E-state index in [9.17, 15) is 5.11 Å². The van der Waals surface area contributed by atoms with E-state index in [0.717, 1.165) is 36.3 Å². The van der Waals surface area contributed by atoms with Gasteiger partial charge in [-0.1, -0.05) is 0 Å². The maximum absolute atomic E-state index is 9.68. The number of anilines is 1. The second kappa shape index (κ2) is 4.35. The van der Waals surface area contributed by atoms with Crippen LogP contribution in [0.5, 0.6) is 0 Å². The summed E-state index contributed by atoms with van der Waals surface area (Å²) in [6.07, 6.45) is 4.64. The number of aliphatic hydroxyl groups is 2. The fraction of sp³-hybridized carbons (Fsp3) is 0.636. The van der Waals surface area contributed by atoms with E-state index in [4.69, 9.17) is 5.11 Å². The molecule has 1 unspecified atom stereocenters. The first-order valence-electron chi connectivity index (χ1n) is 5.52. The van der Waals surface area contributed by atoms with E-state index in [1.54, 1.807) is 13.3 Å². The number of nitrogens with one attached hydrogen (secondary N) is 1. The van der Waals surface area contributed by atoms with Gasteiger partial charge in [-0.25, -0.2) is 9.97 Å². The molecule has 0 bridgehead atoms. The quantitative estimate of drug-likeness (QED) is 0.676. The summed E-state index contributed by atoms with van der Waals surface area (Å²) in [5, 5.41) is 21.7. The molecule has 0 aliphatic heterocycles. The van der Waals surface area contributed by atoms with Crippen LogP contribution in [-0.2, 0) is 12.8 Å². The van der Waals surface area contributed by atoms with Crippen molar-refractivity contribution < 1.29 is 10.2 Å². The van der Waals surface area contributed by atoms with Gasteiger partial charge in [-0.05, 0) is 26.2 Å². The van der Waals surface area contributed by atoms with Crippen molar-refractivity contribution in [3.63, 3.8) is 0 Å². The number of hydrogen-bond acceptors (Lipinski definition) is 5. The lowest BCUT2D eigenvalue weighted by molar-refractivity contribution is 0.0131. The van der Waals surface area contributed by atoms with E-state index in [1.807, 2.05) is 0 Å². The van der Waals surface area contributed by atoms with Gasteiger partial charge < -0.3 is 15.5 Å². The van der Waals surface area contributed by atoms with Gasteiger partial charge >= 0.3 is 0 Å². The van der Waals surface area contributed by atoms with E-state index < -0.39 is 5.60 Å². The lowest BCUT2D eigenvalue weighted by atomic mass is 10.1. The molecule has 1 aromatic heterocycles. The van der Waals surface area contributed by atoms with E-state index in [2.05, 4.69) is 15.3 Å². The molecule has 16 heavy (non-hydrogen) atoms. The van der Waals surface area contributed by atoms with Gasteiger partial charge in [0.1, 0.15) is 17.7 Å². The highest BCUT2D eigenvalue weighted by Crippen LogP contribution is 2.25. The molecule has 5 nitrogen and oxygen atoms in total. The van der Waals surface area contributed by atoms with E-state index in [0.29, 0.717) is 0 Å². The molecule has 0 radical (unpaired) electrons. The summed E-state index contributed by atoms with van der Waals surface area (Å²) in [5.41, 5.74) is 1.13. The molecular formula is C11H17N3O2. The monoisotopic (exact) mass is 223 g/mol. The molecule has 0 aromatic carbocycles. The first-order valence-corrected chi connectivity index (χ1v) is 5.52. The fourth-order valence-corrected chi connectivity index (χ4v) is 1.84. The summed E-state index contributed by atoms with van der Waals surface area (Å²) in [7, 11) is 0. The molecule has 3 N–H and O–H groups in total. The van der Waals surface area contributed by atoms with Gasteiger partial charge in [0.15, 0.2) is 0 Å². The molecule has 1 aliphatic rings. The van der Waals surface area contributed by atoms with E-state index in [-0.39, 0.29) is 13.2 Å². The Balaban J connectivity index is 2.08. The molecule has 0 saturated carbocycles. The molecular weight excluding hydrogens is 206 g/mol. The van der Waals surface area contributed by atoms with Crippen LogP contribution in [0.3, 0.4) is 0 Å². The molecule has 5 heteroatoms. The number of aryl methyl sites for hydroxylation is 1. The molecule has 0 saturated heterocycles. The van der Waals surface area contributed by atoms with Crippen molar-refractivity contribution in [2.75, 3.05) is 18.5 Å². The van der Waals surface area contributed by atoms with Crippen molar-refractivity contribution in [1.82, 2.24) is 9.97 Å². The molecule has 1 atom stereocenters. The third kappa shape index (κ3) is 2.31. The summed E-state index contributed by atoms with van der Waals surface area (Å²) in [6, 6.07) is 0. The SMILES string of the molecule is CC(O)(CO)CNc1ncnc2c1CCC2. The maximum atomic E-state index is 9.68. The van der Waals surface area contributed by atoms with Gasteiger partial charge in [-0.2, -0.15) is 0 Å². The van der Waals surface area contributed by atoms with Gasteiger partial charge in [0, 0.05) is 17.8 Å². The molecule has 1 aromatic rings. The second-order valence-corrected chi connectivity index (χ2v) is 4.51. The fourth-order valence-electron chi connectivity index (χ4n) is 1.84. The zero-order valence-electron chi connectivity index (χ0n) is 9.40. The number of fused-ring (bicyclic) bond motifs is 1. The predicted octanol–water partition coefficient (Wildman–Crippen LogP) is 0.120. The van der Waals surface area contributed by atoms with Crippen molar-refractivity contribution >= 4 is 5.82 Å². The lowest BCUT2D eigenvalue weighted by Gasteiger charge is -2.21. The van der Waals surface area contributed by atoms with Crippen LogP contribution < -0.4 is 5.32 Å². The van der Waals surface area contributed by atoms with Gasteiger partial charge in [-0.3, -0.25) is 0 Å². The van der Waals surface area contributed by atoms with Crippen molar-refractivity contribution in [2.45, 2.75) is 31.8 Å². The highest BCUT2D eigenvalue weighted by atomic mass is 16.3. The molecule has 88 valence electrons. The maximum Gasteiger partial charge on any atom is 0.132 e. The summed E-state index contributed by atoms with van der Waals surface area (Å²) in [5.74, 6) is 0.788. The number of aromatic nitrogens is 2.